The zero-order chi connectivity index (χ0) is 12.8. The van der Waals surface area contributed by atoms with Crippen molar-refractivity contribution in [3.63, 3.8) is 0 Å². The maximum Gasteiger partial charge on any atom is 0.132 e. The van der Waals surface area contributed by atoms with Gasteiger partial charge in [0.05, 0.1) is 0 Å². The Morgan fingerprint density at radius 3 is 2.56 bits per heavy atom. The number of nitrogens with one attached hydrogen (secondary N) is 1. The largest absolute Gasteiger partial charge is 0.396 e. The molecule has 4 heteroatoms. The molecule has 0 fully saturated rings. The molecule has 2 N–H and O–H groups in total. The highest BCUT2D eigenvalue weighted by molar-refractivity contribution is 5.41. The zero-order valence-electron chi connectivity index (χ0n) is 10.4. The van der Waals surface area contributed by atoms with E-state index in [0.717, 1.165) is 23.5 Å². The number of anilines is 1. The molecule has 0 bridgehead atoms. The second-order valence-electron chi connectivity index (χ2n) is 4.20. The van der Waals surface area contributed by atoms with Crippen LogP contribution >= 0.6 is 0 Å². The predicted molar refractivity (Wildman–Crippen MR) is 71.3 cm³/mol. The predicted octanol–water partition coefficient (Wildman–Crippen LogP) is 1.93. The van der Waals surface area contributed by atoms with Crippen LogP contribution in [0.3, 0.4) is 0 Å². The number of benzene rings is 1. The van der Waals surface area contributed by atoms with Gasteiger partial charge < -0.3 is 10.4 Å². The summed E-state index contributed by atoms with van der Waals surface area (Å²) >= 11 is 0. The van der Waals surface area contributed by atoms with Gasteiger partial charge in [0, 0.05) is 24.9 Å². The Hall–Kier alpha value is -1.94. The van der Waals surface area contributed by atoms with Crippen molar-refractivity contribution in [1.82, 2.24) is 9.97 Å². The molecule has 0 amide bonds. The van der Waals surface area contributed by atoms with Crippen LogP contribution in [0.1, 0.15) is 16.7 Å². The molecule has 0 aliphatic rings. The molecule has 0 aliphatic carbocycles. The van der Waals surface area contributed by atoms with Crippen LogP contribution in [0.4, 0.5) is 5.82 Å². The summed E-state index contributed by atoms with van der Waals surface area (Å²) in [5, 5.41) is 12.1. The van der Waals surface area contributed by atoms with Gasteiger partial charge in [-0.25, -0.2) is 9.97 Å². The van der Waals surface area contributed by atoms with E-state index in [1.807, 2.05) is 19.1 Å². The van der Waals surface area contributed by atoms with Gasteiger partial charge in [0.2, 0.25) is 0 Å². The van der Waals surface area contributed by atoms with Gasteiger partial charge in [0.25, 0.3) is 0 Å². The minimum Gasteiger partial charge on any atom is -0.396 e. The first-order valence-electron chi connectivity index (χ1n) is 5.99. The summed E-state index contributed by atoms with van der Waals surface area (Å²) in [5.41, 5.74) is 3.38. The maximum absolute atomic E-state index is 8.85. The molecular formula is C14H17N3O. The van der Waals surface area contributed by atoms with Crippen molar-refractivity contribution < 1.29 is 5.11 Å². The molecule has 1 heterocycles. The second-order valence-corrected chi connectivity index (χ2v) is 4.20. The molecule has 0 spiro atoms. The summed E-state index contributed by atoms with van der Waals surface area (Å²) in [5.74, 6) is 0.865. The summed E-state index contributed by atoms with van der Waals surface area (Å²) < 4.78 is 0. The van der Waals surface area contributed by atoms with E-state index in [-0.39, 0.29) is 6.61 Å². The Morgan fingerprint density at radius 1 is 1.17 bits per heavy atom. The average molecular weight is 243 g/mol. The van der Waals surface area contributed by atoms with E-state index in [2.05, 4.69) is 27.4 Å². The van der Waals surface area contributed by atoms with E-state index in [4.69, 9.17) is 5.11 Å². The van der Waals surface area contributed by atoms with Gasteiger partial charge in [-0.1, -0.05) is 24.3 Å². The number of rotatable bonds is 5. The molecule has 0 unspecified atom stereocenters. The minimum atomic E-state index is 0.192. The van der Waals surface area contributed by atoms with Gasteiger partial charge in [0.1, 0.15) is 12.1 Å². The van der Waals surface area contributed by atoms with Crippen LogP contribution < -0.4 is 5.32 Å². The summed E-state index contributed by atoms with van der Waals surface area (Å²) in [6, 6.07) is 8.21. The highest BCUT2D eigenvalue weighted by Crippen LogP contribution is 2.11. The number of aliphatic hydroxyl groups is 1. The van der Waals surface area contributed by atoms with E-state index in [1.165, 1.54) is 5.56 Å². The first-order chi connectivity index (χ1) is 8.79. The lowest BCUT2D eigenvalue weighted by Gasteiger charge is -2.08. The quantitative estimate of drug-likeness (QED) is 0.842. The molecule has 0 radical (unpaired) electrons. The van der Waals surface area contributed by atoms with Crippen LogP contribution in [0.15, 0.2) is 36.8 Å². The summed E-state index contributed by atoms with van der Waals surface area (Å²) in [7, 11) is 0. The van der Waals surface area contributed by atoms with E-state index in [0.29, 0.717) is 6.42 Å². The number of hydrogen-bond acceptors (Lipinski definition) is 4. The fraction of sp³-hybridized carbons (Fsp3) is 0.286. The normalized spacial score (nSPS) is 10.3. The number of aryl methyl sites for hydroxylation is 1. The number of aliphatic hydroxyl groups excluding tert-OH is 1. The molecule has 0 aliphatic heterocycles. The van der Waals surface area contributed by atoms with Crippen LogP contribution in [0.5, 0.6) is 0 Å². The molecule has 2 aromatic rings. The number of hydrogen-bond donors (Lipinski definition) is 2. The SMILES string of the molecule is Cc1cncnc1NCc1ccc(CCO)cc1. The van der Waals surface area contributed by atoms with E-state index >= 15 is 0 Å². The van der Waals surface area contributed by atoms with Gasteiger partial charge in [-0.05, 0) is 24.5 Å². The Kier molecular flexibility index (Phi) is 4.25. The molecule has 0 saturated heterocycles. The molecule has 1 aromatic carbocycles. The molecule has 1 aromatic heterocycles. The highest BCUT2D eigenvalue weighted by Gasteiger charge is 1.99. The monoisotopic (exact) mass is 243 g/mol. The Bertz CT molecular complexity index is 497. The smallest absolute Gasteiger partial charge is 0.132 e. The van der Waals surface area contributed by atoms with Crippen LogP contribution in [0.2, 0.25) is 0 Å². The Labute approximate surface area is 107 Å². The minimum absolute atomic E-state index is 0.192. The van der Waals surface area contributed by atoms with Crippen molar-refractivity contribution in [3.05, 3.63) is 53.5 Å². The molecule has 0 saturated carbocycles. The highest BCUT2D eigenvalue weighted by atomic mass is 16.2. The number of nitrogens with zero attached hydrogens (tertiary/aromatic N) is 2. The van der Waals surface area contributed by atoms with Crippen LogP contribution in [0.25, 0.3) is 0 Å². The van der Waals surface area contributed by atoms with Gasteiger partial charge in [0.15, 0.2) is 0 Å². The lowest BCUT2D eigenvalue weighted by atomic mass is 10.1. The zero-order valence-corrected chi connectivity index (χ0v) is 10.4. The third-order valence-corrected chi connectivity index (χ3v) is 2.78. The van der Waals surface area contributed by atoms with Gasteiger partial charge in [-0.3, -0.25) is 0 Å². The van der Waals surface area contributed by atoms with Crippen molar-refractivity contribution in [2.45, 2.75) is 19.9 Å². The number of aromatic nitrogens is 2. The van der Waals surface area contributed by atoms with E-state index in [9.17, 15) is 0 Å². The molecule has 18 heavy (non-hydrogen) atoms. The van der Waals surface area contributed by atoms with E-state index in [1.54, 1.807) is 12.5 Å². The fourth-order valence-corrected chi connectivity index (χ4v) is 1.72. The van der Waals surface area contributed by atoms with Crippen LogP contribution in [-0.4, -0.2) is 21.7 Å². The van der Waals surface area contributed by atoms with E-state index < -0.39 is 0 Å². The molecule has 2 rings (SSSR count). The lowest BCUT2D eigenvalue weighted by molar-refractivity contribution is 0.299. The van der Waals surface area contributed by atoms with Crippen molar-refractivity contribution in [2.24, 2.45) is 0 Å². The van der Waals surface area contributed by atoms with Crippen molar-refractivity contribution in [2.75, 3.05) is 11.9 Å². The average Bonchev–Trinajstić information content (AvgIpc) is 2.40. The van der Waals surface area contributed by atoms with Crippen LogP contribution in [-0.2, 0) is 13.0 Å². The lowest BCUT2D eigenvalue weighted by Crippen LogP contribution is -2.03. The molecule has 0 atom stereocenters. The van der Waals surface area contributed by atoms with Gasteiger partial charge in [-0.2, -0.15) is 0 Å². The van der Waals surface area contributed by atoms with Crippen molar-refractivity contribution in [1.29, 1.82) is 0 Å². The molecule has 94 valence electrons. The van der Waals surface area contributed by atoms with Crippen molar-refractivity contribution >= 4 is 5.82 Å². The topological polar surface area (TPSA) is 58.0 Å². The molecule has 4 nitrogen and oxygen atoms in total. The fourth-order valence-electron chi connectivity index (χ4n) is 1.72. The maximum atomic E-state index is 8.85. The summed E-state index contributed by atoms with van der Waals surface area (Å²) in [4.78, 5) is 8.14. The van der Waals surface area contributed by atoms with Gasteiger partial charge in [-0.15, -0.1) is 0 Å². The van der Waals surface area contributed by atoms with Gasteiger partial charge >= 0.3 is 0 Å². The summed E-state index contributed by atoms with van der Waals surface area (Å²) in [6.07, 6.45) is 4.04. The standard InChI is InChI=1S/C14H17N3O/c1-11-8-15-10-17-14(11)16-9-13-4-2-12(3-5-13)6-7-18/h2-5,8,10,18H,6-7,9H2,1H3,(H,15,16,17). The molecular weight excluding hydrogens is 226 g/mol. The Balaban J connectivity index is 1.96. The van der Waals surface area contributed by atoms with Crippen molar-refractivity contribution in [3.8, 4) is 0 Å². The Morgan fingerprint density at radius 2 is 1.89 bits per heavy atom. The third kappa shape index (κ3) is 3.28. The second kappa shape index (κ2) is 6.12. The first kappa shape index (κ1) is 12.5. The third-order valence-electron chi connectivity index (χ3n) is 2.78. The first-order valence-corrected chi connectivity index (χ1v) is 5.99. The summed E-state index contributed by atoms with van der Waals surface area (Å²) in [6.45, 7) is 2.90. The van der Waals surface area contributed by atoms with Crippen LogP contribution in [0, 0.1) is 6.92 Å².